The molecule has 0 radical (unpaired) electrons. The largest absolute Gasteiger partial charge is 0.478 e. The van der Waals surface area contributed by atoms with Crippen molar-refractivity contribution < 1.29 is 9.90 Å². The lowest BCUT2D eigenvalue weighted by atomic mass is 10.0. The lowest BCUT2D eigenvalue weighted by molar-refractivity contribution is -0.132. The summed E-state index contributed by atoms with van der Waals surface area (Å²) in [6.45, 7) is 3.67. The maximum atomic E-state index is 10.7. The van der Waals surface area contributed by atoms with Crippen molar-refractivity contribution in [2.24, 2.45) is 0 Å². The topological polar surface area (TPSA) is 37.3 Å². The molecule has 0 amide bonds. The van der Waals surface area contributed by atoms with Crippen LogP contribution in [0.15, 0.2) is 11.1 Å². The van der Waals surface area contributed by atoms with Gasteiger partial charge in [-0.1, -0.05) is 6.92 Å². The molecule has 12 heavy (non-hydrogen) atoms. The molecule has 0 atom stereocenters. The van der Waals surface area contributed by atoms with Crippen LogP contribution < -0.4 is 0 Å². The third kappa shape index (κ3) is 1.63. The first kappa shape index (κ1) is 9.59. The summed E-state index contributed by atoms with van der Waals surface area (Å²) in [6, 6.07) is 0. The highest BCUT2D eigenvalue weighted by molar-refractivity contribution is 6.28. The van der Waals surface area contributed by atoms with Crippen LogP contribution in [0, 0.1) is 0 Å². The predicted molar refractivity (Wildman–Crippen MR) is 48.4 cm³/mol. The Bertz CT molecular complexity index is 239. The molecule has 0 unspecified atom stereocenters. The van der Waals surface area contributed by atoms with E-state index in [-0.39, 0.29) is 4.87 Å². The van der Waals surface area contributed by atoms with Gasteiger partial charge in [-0.2, -0.15) is 0 Å². The van der Waals surface area contributed by atoms with Crippen LogP contribution in [0.1, 0.15) is 33.1 Å². The molecule has 0 aromatic carbocycles. The van der Waals surface area contributed by atoms with Crippen LogP contribution in [0.4, 0.5) is 0 Å². The number of carboxylic acids is 1. The van der Waals surface area contributed by atoms with E-state index in [9.17, 15) is 4.79 Å². The normalized spacial score (nSPS) is 21.6. The van der Waals surface area contributed by atoms with E-state index >= 15 is 0 Å². The van der Waals surface area contributed by atoms with Crippen LogP contribution >= 0.6 is 11.6 Å². The minimum atomic E-state index is -0.832. The Morgan fingerprint density at radius 2 is 2.08 bits per heavy atom. The number of hydrogen-bond donors (Lipinski definition) is 1. The van der Waals surface area contributed by atoms with Gasteiger partial charge < -0.3 is 5.11 Å². The Hall–Kier alpha value is -0.500. The fourth-order valence-electron chi connectivity index (χ4n) is 1.33. The number of carbonyl (C=O) groups is 1. The average Bonchev–Trinajstić information content (AvgIpc) is 2.70. The number of alkyl halides is 1. The third-order valence-electron chi connectivity index (χ3n) is 2.43. The van der Waals surface area contributed by atoms with Crippen LogP contribution in [0.5, 0.6) is 0 Å². The first-order valence-corrected chi connectivity index (χ1v) is 4.51. The van der Waals surface area contributed by atoms with Crippen molar-refractivity contribution in [1.82, 2.24) is 0 Å². The fraction of sp³-hybridized carbons (Fsp3) is 0.667. The van der Waals surface area contributed by atoms with E-state index in [0.29, 0.717) is 12.0 Å². The van der Waals surface area contributed by atoms with Crippen LogP contribution in [0.3, 0.4) is 0 Å². The van der Waals surface area contributed by atoms with Gasteiger partial charge in [-0.3, -0.25) is 0 Å². The van der Waals surface area contributed by atoms with E-state index in [2.05, 4.69) is 0 Å². The minimum absolute atomic E-state index is 0.316. The zero-order valence-electron chi connectivity index (χ0n) is 7.35. The number of hydrogen-bond acceptors (Lipinski definition) is 1. The Morgan fingerprint density at radius 1 is 1.58 bits per heavy atom. The van der Waals surface area contributed by atoms with Crippen LogP contribution in [-0.2, 0) is 4.79 Å². The van der Waals surface area contributed by atoms with Gasteiger partial charge in [-0.05, 0) is 31.8 Å². The van der Waals surface area contributed by atoms with Crippen molar-refractivity contribution in [1.29, 1.82) is 0 Å². The molecule has 1 saturated carbocycles. The molecular weight excluding hydrogens is 176 g/mol. The summed E-state index contributed by atoms with van der Waals surface area (Å²) in [5.74, 6) is -0.832. The van der Waals surface area contributed by atoms with Gasteiger partial charge in [0, 0.05) is 5.57 Å². The maximum absolute atomic E-state index is 10.7. The number of halogens is 1. The van der Waals surface area contributed by atoms with Crippen LogP contribution in [-0.4, -0.2) is 16.0 Å². The van der Waals surface area contributed by atoms with Crippen molar-refractivity contribution in [2.45, 2.75) is 38.0 Å². The van der Waals surface area contributed by atoms with Crippen molar-refractivity contribution in [3.05, 3.63) is 11.1 Å². The monoisotopic (exact) mass is 188 g/mol. The van der Waals surface area contributed by atoms with Gasteiger partial charge in [-0.25, -0.2) is 4.79 Å². The molecule has 0 aliphatic heterocycles. The smallest absolute Gasteiger partial charge is 0.331 e. The van der Waals surface area contributed by atoms with E-state index in [4.69, 9.17) is 16.7 Å². The predicted octanol–water partition coefficient (Wildman–Crippen LogP) is 2.57. The fourth-order valence-corrected chi connectivity index (χ4v) is 1.54. The summed E-state index contributed by atoms with van der Waals surface area (Å²) in [4.78, 5) is 10.4. The molecular formula is C9H13ClO2. The summed E-state index contributed by atoms with van der Waals surface area (Å²) < 4.78 is 0. The first-order chi connectivity index (χ1) is 5.51. The Labute approximate surface area is 77.2 Å². The summed E-state index contributed by atoms with van der Waals surface area (Å²) in [5, 5.41) is 8.82. The number of allylic oxidation sites excluding steroid dienone is 1. The third-order valence-corrected chi connectivity index (χ3v) is 3.09. The molecule has 1 fully saturated rings. The number of carboxylic acid groups (broad SMARTS) is 1. The molecule has 0 heterocycles. The Kier molecular flexibility index (Phi) is 2.47. The second-order valence-corrected chi connectivity index (χ2v) is 3.95. The van der Waals surface area contributed by atoms with Crippen molar-refractivity contribution >= 4 is 17.6 Å². The van der Waals surface area contributed by atoms with E-state index in [0.717, 1.165) is 18.4 Å². The average molecular weight is 189 g/mol. The van der Waals surface area contributed by atoms with Gasteiger partial charge in [0.1, 0.15) is 0 Å². The van der Waals surface area contributed by atoms with Gasteiger partial charge in [0.05, 0.1) is 4.87 Å². The van der Waals surface area contributed by atoms with Crippen LogP contribution in [0.2, 0.25) is 0 Å². The van der Waals surface area contributed by atoms with Crippen molar-refractivity contribution in [3.63, 3.8) is 0 Å². The molecule has 1 rings (SSSR count). The molecule has 0 spiro atoms. The number of rotatable bonds is 3. The highest BCUT2D eigenvalue weighted by Gasteiger charge is 2.43. The summed E-state index contributed by atoms with van der Waals surface area (Å²) >= 11 is 6.09. The Balaban J connectivity index is 2.92. The first-order valence-electron chi connectivity index (χ1n) is 4.13. The van der Waals surface area contributed by atoms with E-state index < -0.39 is 5.97 Å². The van der Waals surface area contributed by atoms with Crippen molar-refractivity contribution in [2.75, 3.05) is 0 Å². The lowest BCUT2D eigenvalue weighted by Gasteiger charge is -2.10. The molecule has 1 aliphatic carbocycles. The maximum Gasteiger partial charge on any atom is 0.331 e. The van der Waals surface area contributed by atoms with Crippen LogP contribution in [0.25, 0.3) is 0 Å². The van der Waals surface area contributed by atoms with E-state index in [1.54, 1.807) is 0 Å². The van der Waals surface area contributed by atoms with Crippen molar-refractivity contribution in [3.8, 4) is 0 Å². The van der Waals surface area contributed by atoms with E-state index in [1.807, 2.05) is 13.8 Å². The Morgan fingerprint density at radius 3 is 2.33 bits per heavy atom. The molecule has 2 nitrogen and oxygen atoms in total. The quantitative estimate of drug-likeness (QED) is 0.546. The molecule has 1 N–H and O–H groups in total. The molecule has 0 aromatic rings. The minimum Gasteiger partial charge on any atom is -0.478 e. The SMILES string of the molecule is CC/C(C(=O)O)=C(\C)C1(Cl)CC1. The van der Waals surface area contributed by atoms with Gasteiger partial charge >= 0.3 is 5.97 Å². The zero-order chi connectivity index (χ0) is 9.35. The van der Waals surface area contributed by atoms with E-state index in [1.165, 1.54) is 0 Å². The standard InChI is InChI=1S/C9H13ClO2/c1-3-7(8(11)12)6(2)9(10)4-5-9/h3-5H2,1-2H3,(H,11,12)/b7-6-. The molecule has 3 heteroatoms. The zero-order valence-corrected chi connectivity index (χ0v) is 8.11. The molecule has 68 valence electrons. The molecule has 1 aliphatic rings. The second kappa shape index (κ2) is 3.09. The molecule has 0 bridgehead atoms. The van der Waals surface area contributed by atoms with Gasteiger partial charge in [0.25, 0.3) is 0 Å². The number of aliphatic carboxylic acids is 1. The van der Waals surface area contributed by atoms with Gasteiger partial charge in [0.15, 0.2) is 0 Å². The molecule has 0 aromatic heterocycles. The highest BCUT2D eigenvalue weighted by Crippen LogP contribution is 2.49. The van der Waals surface area contributed by atoms with Gasteiger partial charge in [0.2, 0.25) is 0 Å². The summed E-state index contributed by atoms with van der Waals surface area (Å²) in [7, 11) is 0. The highest BCUT2D eigenvalue weighted by atomic mass is 35.5. The second-order valence-electron chi connectivity index (χ2n) is 3.23. The lowest BCUT2D eigenvalue weighted by Crippen LogP contribution is -2.10. The van der Waals surface area contributed by atoms with Gasteiger partial charge in [-0.15, -0.1) is 11.6 Å². The molecule has 0 saturated heterocycles. The summed E-state index contributed by atoms with van der Waals surface area (Å²) in [5.41, 5.74) is 1.32. The summed E-state index contributed by atoms with van der Waals surface area (Å²) in [6.07, 6.45) is 2.38.